The van der Waals surface area contributed by atoms with Crippen molar-refractivity contribution in [2.24, 2.45) is 0 Å². The quantitative estimate of drug-likeness (QED) is 0.580. The maximum absolute atomic E-state index is 13.6. The van der Waals surface area contributed by atoms with Crippen LogP contribution >= 0.6 is 0 Å². The maximum atomic E-state index is 13.6. The molecule has 0 spiro atoms. The SMILES string of the molecule is O=C(Cn1nc(C(F)(F)F)n2c(cc3ccccc32)c1=O)Nc1ccncn1. The molecule has 0 bridgehead atoms. The molecule has 4 rings (SSSR count). The van der Waals surface area contributed by atoms with Crippen molar-refractivity contribution in [3.8, 4) is 0 Å². The van der Waals surface area contributed by atoms with E-state index in [2.05, 4.69) is 20.4 Å². The van der Waals surface area contributed by atoms with Gasteiger partial charge in [0.2, 0.25) is 11.7 Å². The molecule has 0 aliphatic carbocycles. The Morgan fingerprint density at radius 1 is 1.14 bits per heavy atom. The number of carbonyl (C=O) groups is 1. The molecule has 0 unspecified atom stereocenters. The highest BCUT2D eigenvalue weighted by Crippen LogP contribution is 2.30. The second-order valence-corrected chi connectivity index (χ2v) is 5.85. The minimum Gasteiger partial charge on any atom is -0.309 e. The molecule has 0 atom stereocenters. The Balaban J connectivity index is 1.83. The standard InChI is InChI=1S/C17H11F3N6O2/c18-17(19,20)16-24-25(8-14(27)23-13-5-6-21-9-22-13)15(28)12-7-10-3-1-2-4-11(10)26(12)16/h1-7,9H,8H2,(H,21,22,23,27). The van der Waals surface area contributed by atoms with Gasteiger partial charge in [-0.15, -0.1) is 5.10 Å². The summed E-state index contributed by atoms with van der Waals surface area (Å²) in [7, 11) is 0. The van der Waals surface area contributed by atoms with Crippen molar-refractivity contribution in [1.29, 1.82) is 0 Å². The average molecular weight is 388 g/mol. The minimum atomic E-state index is -4.83. The zero-order valence-electron chi connectivity index (χ0n) is 14.0. The van der Waals surface area contributed by atoms with Gasteiger partial charge in [-0.25, -0.2) is 14.6 Å². The molecule has 0 fully saturated rings. The first kappa shape index (κ1) is 17.6. The lowest BCUT2D eigenvalue weighted by atomic mass is 10.2. The summed E-state index contributed by atoms with van der Waals surface area (Å²) in [4.78, 5) is 32.3. The molecule has 4 aromatic rings. The van der Waals surface area contributed by atoms with E-state index in [0.29, 0.717) is 10.1 Å². The fraction of sp³-hybridized carbons (Fsp3) is 0.118. The molecule has 1 N–H and O–H groups in total. The third kappa shape index (κ3) is 3.06. The number of carbonyl (C=O) groups excluding carboxylic acids is 1. The van der Waals surface area contributed by atoms with Crippen molar-refractivity contribution in [2.45, 2.75) is 12.7 Å². The predicted octanol–water partition coefficient (Wildman–Crippen LogP) is 2.10. The molecule has 3 heterocycles. The van der Waals surface area contributed by atoms with E-state index in [9.17, 15) is 22.8 Å². The summed E-state index contributed by atoms with van der Waals surface area (Å²) >= 11 is 0. The first-order chi connectivity index (χ1) is 13.3. The Bertz CT molecular complexity index is 1250. The van der Waals surface area contributed by atoms with Gasteiger partial charge in [0.1, 0.15) is 24.2 Å². The van der Waals surface area contributed by atoms with Gasteiger partial charge in [0, 0.05) is 11.6 Å². The predicted molar refractivity (Wildman–Crippen MR) is 92.6 cm³/mol. The third-order valence-corrected chi connectivity index (χ3v) is 3.99. The molecule has 0 aliphatic rings. The number of benzene rings is 1. The summed E-state index contributed by atoms with van der Waals surface area (Å²) in [6.07, 6.45) is -2.26. The van der Waals surface area contributed by atoms with Crippen LogP contribution in [0.25, 0.3) is 16.4 Å². The van der Waals surface area contributed by atoms with Gasteiger partial charge in [0.05, 0.1) is 5.52 Å². The van der Waals surface area contributed by atoms with Gasteiger partial charge in [-0.05, 0) is 18.2 Å². The van der Waals surface area contributed by atoms with E-state index >= 15 is 0 Å². The van der Waals surface area contributed by atoms with Crippen molar-refractivity contribution < 1.29 is 18.0 Å². The van der Waals surface area contributed by atoms with Crippen LogP contribution < -0.4 is 10.9 Å². The molecule has 0 radical (unpaired) electrons. The number of fused-ring (bicyclic) bond motifs is 3. The molecule has 3 aromatic heterocycles. The van der Waals surface area contributed by atoms with Crippen LogP contribution in [0.15, 0.2) is 53.7 Å². The minimum absolute atomic E-state index is 0.151. The van der Waals surface area contributed by atoms with Crippen LogP contribution in [0.5, 0.6) is 0 Å². The van der Waals surface area contributed by atoms with E-state index in [-0.39, 0.29) is 16.9 Å². The summed E-state index contributed by atoms with van der Waals surface area (Å²) in [5, 5.41) is 6.25. The number of alkyl halides is 3. The summed E-state index contributed by atoms with van der Waals surface area (Å²) in [5.41, 5.74) is -0.840. The zero-order chi connectivity index (χ0) is 19.9. The van der Waals surface area contributed by atoms with E-state index in [0.717, 1.165) is 4.40 Å². The van der Waals surface area contributed by atoms with Crippen molar-refractivity contribution in [1.82, 2.24) is 24.1 Å². The van der Waals surface area contributed by atoms with E-state index in [1.54, 1.807) is 18.2 Å². The molecule has 28 heavy (non-hydrogen) atoms. The molecule has 0 saturated carbocycles. The first-order valence-electron chi connectivity index (χ1n) is 7.99. The van der Waals surface area contributed by atoms with Crippen LogP contribution in [0.3, 0.4) is 0 Å². The number of para-hydroxylation sites is 1. The Kier molecular flexibility index (Phi) is 4.06. The number of aromatic nitrogens is 5. The first-order valence-corrected chi connectivity index (χ1v) is 7.99. The second-order valence-electron chi connectivity index (χ2n) is 5.85. The fourth-order valence-corrected chi connectivity index (χ4v) is 2.85. The van der Waals surface area contributed by atoms with Crippen molar-refractivity contribution in [3.63, 3.8) is 0 Å². The largest absolute Gasteiger partial charge is 0.451 e. The number of hydrogen-bond donors (Lipinski definition) is 1. The average Bonchev–Trinajstić information content (AvgIpc) is 3.04. The molecular formula is C17H11F3N6O2. The molecule has 8 nitrogen and oxygen atoms in total. The third-order valence-electron chi connectivity index (χ3n) is 3.99. The monoisotopic (exact) mass is 388 g/mol. The highest BCUT2D eigenvalue weighted by molar-refractivity contribution is 5.90. The highest BCUT2D eigenvalue weighted by atomic mass is 19.4. The summed E-state index contributed by atoms with van der Waals surface area (Å²) < 4.78 is 42.1. The molecule has 142 valence electrons. The van der Waals surface area contributed by atoms with Gasteiger partial charge in [-0.2, -0.15) is 13.2 Å². The van der Waals surface area contributed by atoms with Crippen LogP contribution in [-0.4, -0.2) is 30.1 Å². The van der Waals surface area contributed by atoms with Gasteiger partial charge in [-0.3, -0.25) is 14.0 Å². The van der Waals surface area contributed by atoms with Crippen molar-refractivity contribution in [2.75, 3.05) is 5.32 Å². The zero-order valence-corrected chi connectivity index (χ0v) is 14.0. The van der Waals surface area contributed by atoms with Gasteiger partial charge < -0.3 is 5.32 Å². The van der Waals surface area contributed by atoms with Crippen LogP contribution in [0, 0.1) is 0 Å². The van der Waals surface area contributed by atoms with Gasteiger partial charge in [-0.1, -0.05) is 18.2 Å². The van der Waals surface area contributed by atoms with Gasteiger partial charge >= 0.3 is 6.18 Å². The van der Waals surface area contributed by atoms with Crippen molar-refractivity contribution in [3.05, 3.63) is 65.1 Å². The molecule has 11 heteroatoms. The second kappa shape index (κ2) is 6.44. The smallest absolute Gasteiger partial charge is 0.309 e. The molecule has 0 saturated heterocycles. The molecule has 1 amide bonds. The summed E-state index contributed by atoms with van der Waals surface area (Å²) in [5.74, 6) is -1.89. The number of halogens is 3. The summed E-state index contributed by atoms with van der Waals surface area (Å²) in [6.45, 7) is -0.704. The van der Waals surface area contributed by atoms with Crippen LogP contribution in [0.2, 0.25) is 0 Å². The molecule has 1 aromatic carbocycles. The maximum Gasteiger partial charge on any atom is 0.451 e. The van der Waals surface area contributed by atoms with E-state index in [1.807, 2.05) is 0 Å². The number of hydrogen-bond acceptors (Lipinski definition) is 5. The van der Waals surface area contributed by atoms with E-state index in [1.165, 1.54) is 30.7 Å². The van der Waals surface area contributed by atoms with Crippen LogP contribution in [-0.2, 0) is 17.5 Å². The number of nitrogens with zero attached hydrogens (tertiary/aromatic N) is 5. The van der Waals surface area contributed by atoms with Crippen LogP contribution in [0.4, 0.5) is 19.0 Å². The highest BCUT2D eigenvalue weighted by Gasteiger charge is 2.38. The topological polar surface area (TPSA) is 94.2 Å². The van der Waals surface area contributed by atoms with E-state index < -0.39 is 30.0 Å². The normalized spacial score (nSPS) is 11.8. The van der Waals surface area contributed by atoms with Crippen molar-refractivity contribution >= 4 is 28.1 Å². The lowest BCUT2D eigenvalue weighted by Crippen LogP contribution is -2.34. The Morgan fingerprint density at radius 3 is 2.64 bits per heavy atom. The number of anilines is 1. The molecule has 0 aliphatic heterocycles. The Labute approximate surface area is 154 Å². The number of nitrogens with one attached hydrogen (secondary N) is 1. The van der Waals surface area contributed by atoms with Gasteiger partial charge in [0.25, 0.3) is 5.56 Å². The van der Waals surface area contributed by atoms with Crippen LogP contribution in [0.1, 0.15) is 5.82 Å². The Hall–Kier alpha value is -3.76. The van der Waals surface area contributed by atoms with Gasteiger partial charge in [0.15, 0.2) is 0 Å². The lowest BCUT2D eigenvalue weighted by Gasteiger charge is -2.13. The Morgan fingerprint density at radius 2 is 1.93 bits per heavy atom. The summed E-state index contributed by atoms with van der Waals surface area (Å²) in [6, 6.07) is 9.01. The fourth-order valence-electron chi connectivity index (χ4n) is 2.85. The molecular weight excluding hydrogens is 377 g/mol. The lowest BCUT2D eigenvalue weighted by molar-refractivity contribution is -0.147. The number of amides is 1. The van der Waals surface area contributed by atoms with E-state index in [4.69, 9.17) is 0 Å². The number of rotatable bonds is 3.